The van der Waals surface area contributed by atoms with Crippen molar-refractivity contribution in [2.45, 2.75) is 19.1 Å². The minimum absolute atomic E-state index is 0.00188. The smallest absolute Gasteiger partial charge is 0.344 e. The molecule has 1 fully saturated rings. The van der Waals surface area contributed by atoms with Crippen LogP contribution in [0.25, 0.3) is 0 Å². The van der Waals surface area contributed by atoms with Crippen molar-refractivity contribution in [2.24, 2.45) is 0 Å². The van der Waals surface area contributed by atoms with E-state index in [-0.39, 0.29) is 6.61 Å². The third-order valence-corrected chi connectivity index (χ3v) is 2.61. The molecule has 0 N–H and O–H groups in total. The Morgan fingerprint density at radius 3 is 1.86 bits per heavy atom. The van der Waals surface area contributed by atoms with Crippen molar-refractivity contribution in [3.05, 3.63) is 29.1 Å². The fourth-order valence-corrected chi connectivity index (χ4v) is 1.53. The summed E-state index contributed by atoms with van der Waals surface area (Å²) >= 11 is 0. The van der Waals surface area contributed by atoms with Gasteiger partial charge in [-0.05, 0) is 6.92 Å². The van der Waals surface area contributed by atoms with Crippen LogP contribution in [0.2, 0.25) is 0 Å². The molecular formula is C12H7F5O5. The maximum atomic E-state index is 13.3. The number of halogens is 5. The molecule has 1 aromatic carbocycles. The molecule has 22 heavy (non-hydrogen) atoms. The molecule has 1 aromatic rings. The van der Waals surface area contributed by atoms with Crippen LogP contribution in [-0.2, 0) is 19.1 Å². The van der Waals surface area contributed by atoms with Gasteiger partial charge in [-0.15, -0.1) is 0 Å². The molecule has 1 aliphatic rings. The Morgan fingerprint density at radius 2 is 1.36 bits per heavy atom. The Morgan fingerprint density at radius 1 is 0.909 bits per heavy atom. The first kappa shape index (κ1) is 16.1. The first-order valence-electron chi connectivity index (χ1n) is 5.84. The second-order valence-corrected chi connectivity index (χ2v) is 4.05. The standard InChI is InChI=1S/C12H7F5O5/c1-2-20-11(18)9-10(21-9)12(19)22-8-6(16)4(14)3(13)5(15)7(8)17/h9-10H,2H2,1H3/t9-,10-/m1/s1. The summed E-state index contributed by atoms with van der Waals surface area (Å²) in [6.45, 7) is 1.49. The molecule has 0 amide bonds. The van der Waals surface area contributed by atoms with Gasteiger partial charge in [0.1, 0.15) is 0 Å². The summed E-state index contributed by atoms with van der Waals surface area (Å²) in [5.74, 6) is -15.7. The van der Waals surface area contributed by atoms with Crippen LogP contribution in [0.4, 0.5) is 22.0 Å². The summed E-state index contributed by atoms with van der Waals surface area (Å²) in [4.78, 5) is 22.7. The van der Waals surface area contributed by atoms with Crippen LogP contribution < -0.4 is 4.74 Å². The first-order valence-corrected chi connectivity index (χ1v) is 5.84. The molecule has 0 bridgehead atoms. The maximum Gasteiger partial charge on any atom is 0.344 e. The fourth-order valence-electron chi connectivity index (χ4n) is 1.53. The SMILES string of the molecule is CCOC(=O)[C@@H]1O[C@H]1C(=O)Oc1c(F)c(F)c(F)c(F)c1F. The first-order chi connectivity index (χ1) is 10.3. The lowest BCUT2D eigenvalue weighted by atomic mass is 10.2. The van der Waals surface area contributed by atoms with Gasteiger partial charge in [-0.1, -0.05) is 0 Å². The Bertz CT molecular complexity index is 618. The molecule has 0 aliphatic carbocycles. The van der Waals surface area contributed by atoms with E-state index in [2.05, 4.69) is 14.2 Å². The molecule has 1 saturated heterocycles. The van der Waals surface area contributed by atoms with Gasteiger partial charge in [0, 0.05) is 0 Å². The van der Waals surface area contributed by atoms with Crippen LogP contribution >= 0.6 is 0 Å². The summed E-state index contributed by atoms with van der Waals surface area (Å²) in [7, 11) is 0. The molecule has 2 atom stereocenters. The van der Waals surface area contributed by atoms with E-state index >= 15 is 0 Å². The van der Waals surface area contributed by atoms with Gasteiger partial charge in [0.25, 0.3) is 0 Å². The van der Waals surface area contributed by atoms with Gasteiger partial charge in [0.15, 0.2) is 12.2 Å². The van der Waals surface area contributed by atoms with Crippen molar-refractivity contribution in [1.29, 1.82) is 0 Å². The number of hydrogen-bond donors (Lipinski definition) is 0. The van der Waals surface area contributed by atoms with Crippen LogP contribution in [0.5, 0.6) is 5.75 Å². The molecular weight excluding hydrogens is 319 g/mol. The van der Waals surface area contributed by atoms with Crippen molar-refractivity contribution in [1.82, 2.24) is 0 Å². The van der Waals surface area contributed by atoms with Crippen LogP contribution in [0.1, 0.15) is 6.92 Å². The molecule has 1 heterocycles. The third-order valence-electron chi connectivity index (χ3n) is 2.61. The van der Waals surface area contributed by atoms with E-state index in [0.717, 1.165) is 0 Å². The summed E-state index contributed by atoms with van der Waals surface area (Å²) in [6.07, 6.45) is -2.87. The predicted molar refractivity (Wildman–Crippen MR) is 57.2 cm³/mol. The van der Waals surface area contributed by atoms with Gasteiger partial charge < -0.3 is 14.2 Å². The average Bonchev–Trinajstić information content (AvgIpc) is 3.28. The molecule has 0 unspecified atom stereocenters. The minimum Gasteiger partial charge on any atom is -0.464 e. The molecule has 5 nitrogen and oxygen atoms in total. The lowest BCUT2D eigenvalue weighted by molar-refractivity contribution is -0.145. The summed E-state index contributed by atoms with van der Waals surface area (Å²) in [5, 5.41) is 0. The number of hydrogen-bond acceptors (Lipinski definition) is 5. The molecule has 0 spiro atoms. The van der Waals surface area contributed by atoms with Crippen molar-refractivity contribution in [3.63, 3.8) is 0 Å². The minimum atomic E-state index is -2.39. The predicted octanol–water partition coefficient (Wildman–Crippen LogP) is 1.62. The second kappa shape index (κ2) is 5.87. The van der Waals surface area contributed by atoms with Gasteiger partial charge >= 0.3 is 11.9 Å². The Kier molecular flexibility index (Phi) is 4.31. The zero-order valence-corrected chi connectivity index (χ0v) is 10.8. The average molecular weight is 326 g/mol. The van der Waals surface area contributed by atoms with E-state index in [4.69, 9.17) is 0 Å². The Labute approximate surface area is 119 Å². The van der Waals surface area contributed by atoms with Gasteiger partial charge in [-0.2, -0.15) is 8.78 Å². The summed E-state index contributed by atoms with van der Waals surface area (Å²) < 4.78 is 78.4. The van der Waals surface area contributed by atoms with Crippen molar-refractivity contribution >= 4 is 11.9 Å². The van der Waals surface area contributed by atoms with E-state index in [1.54, 1.807) is 0 Å². The highest BCUT2D eigenvalue weighted by Gasteiger charge is 2.53. The number of carbonyl (C=O) groups is 2. The zero-order chi connectivity index (χ0) is 16.6. The molecule has 0 saturated carbocycles. The van der Waals surface area contributed by atoms with Gasteiger partial charge in [0.05, 0.1) is 6.61 Å². The highest BCUT2D eigenvalue weighted by molar-refractivity contribution is 5.90. The zero-order valence-electron chi connectivity index (χ0n) is 10.8. The van der Waals surface area contributed by atoms with Gasteiger partial charge in [-0.25, -0.2) is 22.8 Å². The van der Waals surface area contributed by atoms with Crippen molar-refractivity contribution in [2.75, 3.05) is 6.61 Å². The monoisotopic (exact) mass is 326 g/mol. The number of benzene rings is 1. The van der Waals surface area contributed by atoms with Crippen molar-refractivity contribution in [3.8, 4) is 5.75 Å². The van der Waals surface area contributed by atoms with E-state index in [0.29, 0.717) is 0 Å². The molecule has 0 aromatic heterocycles. The van der Waals surface area contributed by atoms with Crippen LogP contribution in [-0.4, -0.2) is 30.8 Å². The van der Waals surface area contributed by atoms with E-state index < -0.39 is 59.0 Å². The molecule has 2 rings (SSSR count). The second-order valence-electron chi connectivity index (χ2n) is 4.05. The van der Waals surface area contributed by atoms with Crippen LogP contribution in [0, 0.1) is 29.1 Å². The lowest BCUT2D eigenvalue weighted by Gasteiger charge is -2.07. The topological polar surface area (TPSA) is 65.1 Å². The Hall–Kier alpha value is -2.23. The third kappa shape index (κ3) is 2.73. The number of carbonyl (C=O) groups excluding carboxylic acids is 2. The summed E-state index contributed by atoms with van der Waals surface area (Å²) in [5.41, 5.74) is 0. The number of esters is 2. The highest BCUT2D eigenvalue weighted by Crippen LogP contribution is 2.31. The molecule has 0 radical (unpaired) electrons. The summed E-state index contributed by atoms with van der Waals surface area (Å²) in [6, 6.07) is 0. The van der Waals surface area contributed by atoms with Crippen LogP contribution in [0.15, 0.2) is 0 Å². The molecule has 10 heteroatoms. The van der Waals surface area contributed by atoms with Gasteiger partial charge in [-0.3, -0.25) is 0 Å². The quantitative estimate of drug-likeness (QED) is 0.210. The fraction of sp³-hybridized carbons (Fsp3) is 0.333. The highest BCUT2D eigenvalue weighted by atomic mass is 19.2. The number of epoxide rings is 1. The lowest BCUT2D eigenvalue weighted by Crippen LogP contribution is -2.23. The van der Waals surface area contributed by atoms with Crippen LogP contribution in [0.3, 0.4) is 0 Å². The molecule has 120 valence electrons. The van der Waals surface area contributed by atoms with Gasteiger partial charge in [0.2, 0.25) is 34.8 Å². The van der Waals surface area contributed by atoms with Crippen molar-refractivity contribution < 1.29 is 45.8 Å². The van der Waals surface area contributed by atoms with E-state index in [1.807, 2.05) is 0 Å². The Balaban J connectivity index is 2.16. The normalized spacial score (nSPS) is 19.7. The van der Waals surface area contributed by atoms with E-state index in [1.165, 1.54) is 6.92 Å². The van der Waals surface area contributed by atoms with E-state index in [9.17, 15) is 31.5 Å². The largest absolute Gasteiger partial charge is 0.464 e. The molecule has 1 aliphatic heterocycles. The number of rotatable bonds is 4. The maximum absolute atomic E-state index is 13.3. The number of ether oxygens (including phenoxy) is 3.